The molecule has 1 aromatic rings. The van der Waals surface area contributed by atoms with Crippen molar-refractivity contribution in [3.05, 3.63) is 30.1 Å². The molecule has 0 bridgehead atoms. The molecule has 21 heavy (non-hydrogen) atoms. The van der Waals surface area contributed by atoms with E-state index in [1.165, 1.54) is 4.90 Å². The van der Waals surface area contributed by atoms with Crippen molar-refractivity contribution in [2.24, 2.45) is 0 Å². The largest absolute Gasteiger partial charge is 0.340 e. The first-order valence-electron chi connectivity index (χ1n) is 7.18. The molecule has 0 unspecified atom stereocenters. The molecule has 116 valence electrons. The van der Waals surface area contributed by atoms with Crippen molar-refractivity contribution in [1.82, 2.24) is 14.2 Å². The fraction of sp³-hybridized carbons (Fsp3) is 0.571. The molecule has 0 atom stereocenters. The average Bonchev–Trinajstić information content (AvgIpc) is 2.53. The molecular weight excluding hydrogens is 290 g/mol. The Kier molecular flexibility index (Phi) is 5.69. The lowest BCUT2D eigenvalue weighted by molar-refractivity contribution is -0.118. The molecule has 1 aliphatic rings. The van der Waals surface area contributed by atoms with Gasteiger partial charge in [0.2, 0.25) is 16.4 Å². The zero-order valence-electron chi connectivity index (χ0n) is 12.0. The maximum absolute atomic E-state index is 12.2. The summed E-state index contributed by atoms with van der Waals surface area (Å²) in [5, 5.41) is 0. The lowest BCUT2D eigenvalue weighted by Crippen LogP contribution is -2.40. The van der Waals surface area contributed by atoms with E-state index in [-0.39, 0.29) is 12.3 Å². The van der Waals surface area contributed by atoms with Crippen LogP contribution in [-0.4, -0.2) is 54.4 Å². The minimum Gasteiger partial charge on any atom is -0.340 e. The van der Waals surface area contributed by atoms with Gasteiger partial charge in [-0.1, -0.05) is 6.42 Å². The third-order valence-corrected chi connectivity index (χ3v) is 5.48. The molecule has 6 nitrogen and oxygen atoms in total. The molecule has 7 heteroatoms. The van der Waals surface area contributed by atoms with E-state index in [0.29, 0.717) is 26.0 Å². The molecule has 0 aliphatic carbocycles. The number of pyridine rings is 1. The van der Waals surface area contributed by atoms with Crippen LogP contribution in [0.1, 0.15) is 24.8 Å². The summed E-state index contributed by atoms with van der Waals surface area (Å²) in [4.78, 5) is 16.5. The number of aromatic nitrogens is 1. The standard InChI is InChI=1S/C14H21N3O3S/c18-13-16(12-14-4-6-15-7-5-14)10-11-21(19,20)17-8-2-1-3-9-17/h4-7,13H,1-3,8-12H2. The highest BCUT2D eigenvalue weighted by Gasteiger charge is 2.24. The summed E-state index contributed by atoms with van der Waals surface area (Å²) >= 11 is 0. The molecule has 1 amide bonds. The van der Waals surface area contributed by atoms with Gasteiger partial charge in [0.25, 0.3) is 0 Å². The Labute approximate surface area is 125 Å². The number of hydrogen-bond acceptors (Lipinski definition) is 4. The number of nitrogens with zero attached hydrogens (tertiary/aromatic N) is 3. The van der Waals surface area contributed by atoms with Crippen molar-refractivity contribution in [3.63, 3.8) is 0 Å². The molecule has 1 aliphatic heterocycles. The highest BCUT2D eigenvalue weighted by Crippen LogP contribution is 2.13. The first-order chi connectivity index (χ1) is 10.1. The minimum atomic E-state index is -3.26. The van der Waals surface area contributed by atoms with Crippen molar-refractivity contribution in [1.29, 1.82) is 0 Å². The second-order valence-electron chi connectivity index (χ2n) is 5.21. The summed E-state index contributed by atoms with van der Waals surface area (Å²) in [6.45, 7) is 1.83. The third kappa shape index (κ3) is 4.78. The van der Waals surface area contributed by atoms with Gasteiger partial charge < -0.3 is 4.90 Å². The second-order valence-corrected chi connectivity index (χ2v) is 7.30. The van der Waals surface area contributed by atoms with Gasteiger partial charge in [-0.3, -0.25) is 9.78 Å². The molecular formula is C14H21N3O3S. The van der Waals surface area contributed by atoms with Crippen LogP contribution in [0.5, 0.6) is 0 Å². The van der Waals surface area contributed by atoms with Gasteiger partial charge in [0.15, 0.2) is 0 Å². The SMILES string of the molecule is O=CN(CCS(=O)(=O)N1CCCCC1)Cc1ccncc1. The number of piperidine rings is 1. The Hall–Kier alpha value is -1.47. The maximum atomic E-state index is 12.2. The van der Waals surface area contributed by atoms with Gasteiger partial charge >= 0.3 is 0 Å². The molecule has 1 aromatic heterocycles. The van der Waals surface area contributed by atoms with Crippen molar-refractivity contribution in [2.45, 2.75) is 25.8 Å². The average molecular weight is 311 g/mol. The molecule has 0 spiro atoms. The number of hydrogen-bond donors (Lipinski definition) is 0. The summed E-state index contributed by atoms with van der Waals surface area (Å²) in [6, 6.07) is 3.63. The van der Waals surface area contributed by atoms with Crippen molar-refractivity contribution < 1.29 is 13.2 Å². The van der Waals surface area contributed by atoms with E-state index < -0.39 is 10.0 Å². The first kappa shape index (κ1) is 15.9. The van der Waals surface area contributed by atoms with Crippen LogP contribution >= 0.6 is 0 Å². The van der Waals surface area contributed by atoms with Crippen molar-refractivity contribution >= 4 is 16.4 Å². The van der Waals surface area contributed by atoms with Crippen molar-refractivity contribution in [2.75, 3.05) is 25.4 Å². The van der Waals surface area contributed by atoms with E-state index in [9.17, 15) is 13.2 Å². The van der Waals surface area contributed by atoms with E-state index in [0.717, 1.165) is 24.8 Å². The first-order valence-corrected chi connectivity index (χ1v) is 8.79. The summed E-state index contributed by atoms with van der Waals surface area (Å²) in [5.74, 6) is -0.0170. The van der Waals surface area contributed by atoms with Gasteiger partial charge in [-0.15, -0.1) is 0 Å². The van der Waals surface area contributed by atoms with Crippen LogP contribution in [0, 0.1) is 0 Å². The molecule has 2 rings (SSSR count). The van der Waals surface area contributed by atoms with E-state index in [2.05, 4.69) is 4.98 Å². The lowest BCUT2D eigenvalue weighted by atomic mass is 10.2. The van der Waals surface area contributed by atoms with Gasteiger partial charge in [-0.05, 0) is 30.5 Å². The molecule has 0 aromatic carbocycles. The van der Waals surface area contributed by atoms with Gasteiger partial charge in [-0.2, -0.15) is 0 Å². The predicted molar refractivity (Wildman–Crippen MR) is 79.9 cm³/mol. The Morgan fingerprint density at radius 2 is 1.86 bits per heavy atom. The lowest BCUT2D eigenvalue weighted by Gasteiger charge is -2.27. The summed E-state index contributed by atoms with van der Waals surface area (Å²) in [6.07, 6.45) is 6.95. The zero-order chi connectivity index (χ0) is 15.1. The smallest absolute Gasteiger partial charge is 0.215 e. The Balaban J connectivity index is 1.88. The number of carbonyl (C=O) groups is 1. The molecule has 1 saturated heterocycles. The predicted octanol–water partition coefficient (Wildman–Crippen LogP) is 0.856. The summed E-state index contributed by atoms with van der Waals surface area (Å²) < 4.78 is 26.0. The fourth-order valence-corrected chi connectivity index (χ4v) is 3.93. The second kappa shape index (κ2) is 7.51. The van der Waals surface area contributed by atoms with E-state index >= 15 is 0 Å². The summed E-state index contributed by atoms with van der Waals surface area (Å²) in [7, 11) is -3.26. The van der Waals surface area contributed by atoms with Crippen molar-refractivity contribution in [3.8, 4) is 0 Å². The molecule has 2 heterocycles. The highest BCUT2D eigenvalue weighted by atomic mass is 32.2. The van der Waals surface area contributed by atoms with Gasteiger partial charge in [0.1, 0.15) is 0 Å². The molecule has 0 saturated carbocycles. The number of rotatable bonds is 7. The van der Waals surface area contributed by atoms with E-state index in [1.807, 2.05) is 12.1 Å². The van der Waals surface area contributed by atoms with Crippen LogP contribution < -0.4 is 0 Å². The monoisotopic (exact) mass is 311 g/mol. The van der Waals surface area contributed by atoms with Crippen LogP contribution in [0.25, 0.3) is 0 Å². The number of carbonyl (C=O) groups excluding carboxylic acids is 1. The Morgan fingerprint density at radius 1 is 1.19 bits per heavy atom. The zero-order valence-corrected chi connectivity index (χ0v) is 12.8. The van der Waals surface area contributed by atoms with Crippen LogP contribution in [-0.2, 0) is 21.4 Å². The maximum Gasteiger partial charge on any atom is 0.215 e. The van der Waals surface area contributed by atoms with Crippen LogP contribution in [0.4, 0.5) is 0 Å². The Bertz CT molecular complexity index is 542. The van der Waals surface area contributed by atoms with Gasteiger partial charge in [0.05, 0.1) is 5.75 Å². The van der Waals surface area contributed by atoms with E-state index in [4.69, 9.17) is 0 Å². The van der Waals surface area contributed by atoms with Gasteiger partial charge in [-0.25, -0.2) is 12.7 Å². The highest BCUT2D eigenvalue weighted by molar-refractivity contribution is 7.89. The number of sulfonamides is 1. The van der Waals surface area contributed by atoms with Crippen LogP contribution in [0.2, 0.25) is 0 Å². The fourth-order valence-electron chi connectivity index (χ4n) is 2.40. The van der Waals surface area contributed by atoms with Crippen LogP contribution in [0.15, 0.2) is 24.5 Å². The summed E-state index contributed by atoms with van der Waals surface area (Å²) in [5.41, 5.74) is 0.937. The molecule has 1 fully saturated rings. The quantitative estimate of drug-likeness (QED) is 0.700. The van der Waals surface area contributed by atoms with Gasteiger partial charge in [0, 0.05) is 38.6 Å². The minimum absolute atomic E-state index is 0.0170. The molecule has 0 radical (unpaired) electrons. The number of amides is 1. The topological polar surface area (TPSA) is 70.6 Å². The van der Waals surface area contributed by atoms with E-state index in [1.54, 1.807) is 16.7 Å². The van der Waals surface area contributed by atoms with Crippen LogP contribution in [0.3, 0.4) is 0 Å². The normalized spacial score (nSPS) is 16.6. The molecule has 0 N–H and O–H groups in total. The third-order valence-electron chi connectivity index (χ3n) is 3.63. The Morgan fingerprint density at radius 3 is 2.48 bits per heavy atom.